The third kappa shape index (κ3) is 11.8. The third-order valence-electron chi connectivity index (χ3n) is 3.16. The zero-order chi connectivity index (χ0) is 23.8. The number of allylic oxidation sites excluding steroid dienone is 4. The van der Waals surface area contributed by atoms with Crippen LogP contribution in [0.15, 0.2) is 36.3 Å². The molecule has 3 nitrogen and oxygen atoms in total. The van der Waals surface area contributed by atoms with Crippen molar-refractivity contribution in [1.29, 1.82) is 0 Å². The smallest absolute Gasteiger partial charge is 0.303 e. The fraction of sp³-hybridized carbons (Fsp3) is 0.650. The molecule has 1 aliphatic heterocycles. The van der Waals surface area contributed by atoms with Crippen molar-refractivity contribution in [3.8, 4) is 0 Å². The molecule has 23 heavy (non-hydrogen) atoms. The second kappa shape index (κ2) is 13.1. The van der Waals surface area contributed by atoms with Gasteiger partial charge in [0.15, 0.2) is 0 Å². The van der Waals surface area contributed by atoms with Crippen molar-refractivity contribution in [3.05, 3.63) is 36.3 Å². The van der Waals surface area contributed by atoms with Crippen LogP contribution in [0.4, 0.5) is 0 Å². The van der Waals surface area contributed by atoms with Crippen LogP contribution in [0.5, 0.6) is 0 Å². The zero-order valence-corrected chi connectivity index (χ0v) is 13.8. The number of unbranched alkanes of at least 4 members (excludes halogenated alkanes) is 2. The Kier molecular flexibility index (Phi) is 5.99. The summed E-state index contributed by atoms with van der Waals surface area (Å²) in [5.41, 5.74) is 0. The van der Waals surface area contributed by atoms with Crippen LogP contribution in [-0.4, -0.2) is 23.2 Å². The lowest BCUT2D eigenvalue weighted by Gasteiger charge is -1.91. The van der Waals surface area contributed by atoms with E-state index in [1.807, 2.05) is 6.92 Å². The fourth-order valence-electron chi connectivity index (χ4n) is 1.82. The molecule has 0 bridgehead atoms. The summed E-state index contributed by atoms with van der Waals surface area (Å²) in [6.45, 7) is 2.04. The summed E-state index contributed by atoms with van der Waals surface area (Å²) in [5, 5.41) is 8.63. The Balaban J connectivity index is 2.71. The standard InChI is InChI=1S/C20H32O3/c1-2-3-4-5-6-7-8-9-12-15-18-19(23-18)16-13-10-11-14-17-20(21)22/h6-7,9-10,12-13,18-19H,2-5,8,11,14-17H2,1H3,(H,21,22)/b7-6-,12-9-,13-10-/i6D,7D,9D,10D,12D,13D,18D,19D. The summed E-state index contributed by atoms with van der Waals surface area (Å²) in [5.74, 6) is -0.989. The lowest BCUT2D eigenvalue weighted by molar-refractivity contribution is -0.137. The highest BCUT2D eigenvalue weighted by Gasteiger charge is 2.35. The van der Waals surface area contributed by atoms with Gasteiger partial charge in [-0.15, -0.1) is 0 Å². The Hall–Kier alpha value is -1.35. The number of hydrogen-bond donors (Lipinski definition) is 1. The SMILES string of the molecule is [2H]/C(CCCCC)=C(\[2H])C/C([2H])=C(/[2H])CC1([2H])OC1([2H])C/C([2H])=C(/[2H])CCCC(=O)O. The molecule has 3 heteroatoms. The van der Waals surface area contributed by atoms with Gasteiger partial charge in [-0.25, -0.2) is 0 Å². The van der Waals surface area contributed by atoms with Gasteiger partial charge in [-0.1, -0.05) is 56.1 Å². The molecule has 1 saturated heterocycles. The first-order valence-electron chi connectivity index (χ1n) is 12.2. The monoisotopic (exact) mass is 328 g/mol. The highest BCUT2D eigenvalue weighted by molar-refractivity contribution is 5.66. The second-order valence-corrected chi connectivity index (χ2v) is 5.24. The van der Waals surface area contributed by atoms with Gasteiger partial charge >= 0.3 is 5.97 Å². The number of hydrogen-bond acceptors (Lipinski definition) is 2. The van der Waals surface area contributed by atoms with Crippen molar-refractivity contribution >= 4 is 5.97 Å². The molecule has 1 N–H and O–H groups in total. The summed E-state index contributed by atoms with van der Waals surface area (Å²) >= 11 is 0. The molecular formula is C20H32O3. The van der Waals surface area contributed by atoms with Gasteiger partial charge in [-0.3, -0.25) is 4.79 Å². The molecule has 0 saturated carbocycles. The number of epoxide rings is 1. The van der Waals surface area contributed by atoms with E-state index in [0.717, 1.165) is 19.3 Å². The van der Waals surface area contributed by atoms with Crippen molar-refractivity contribution in [2.24, 2.45) is 0 Å². The molecule has 0 radical (unpaired) electrons. The van der Waals surface area contributed by atoms with Gasteiger partial charge in [-0.05, 0) is 44.9 Å². The minimum absolute atomic E-state index is 0.0321. The highest BCUT2D eigenvalue weighted by Crippen LogP contribution is 2.29. The van der Waals surface area contributed by atoms with E-state index in [1.54, 1.807) is 0 Å². The van der Waals surface area contributed by atoms with Crippen LogP contribution < -0.4 is 0 Å². The number of carboxylic acids is 1. The quantitative estimate of drug-likeness (QED) is 0.263. The molecular weight excluding hydrogens is 288 g/mol. The Labute approximate surface area is 152 Å². The molecule has 2 unspecified atom stereocenters. The van der Waals surface area contributed by atoms with Crippen LogP contribution in [-0.2, 0) is 9.53 Å². The fourth-order valence-corrected chi connectivity index (χ4v) is 1.82. The molecule has 1 rings (SSSR count). The van der Waals surface area contributed by atoms with Crippen molar-refractivity contribution in [2.75, 3.05) is 0 Å². The molecule has 0 amide bonds. The van der Waals surface area contributed by atoms with E-state index >= 15 is 0 Å². The number of carboxylic acid groups (broad SMARTS) is 1. The summed E-state index contributed by atoms with van der Waals surface area (Å²) in [4.78, 5) is 10.5. The van der Waals surface area contributed by atoms with Crippen LogP contribution in [0, 0.1) is 0 Å². The van der Waals surface area contributed by atoms with E-state index in [4.69, 9.17) is 20.8 Å². The van der Waals surface area contributed by atoms with E-state index in [0.29, 0.717) is 6.42 Å². The van der Waals surface area contributed by atoms with Crippen LogP contribution in [0.3, 0.4) is 0 Å². The minimum atomic E-state index is -1.82. The average molecular weight is 329 g/mol. The zero-order valence-electron chi connectivity index (χ0n) is 21.8. The second-order valence-electron chi connectivity index (χ2n) is 5.24. The topological polar surface area (TPSA) is 49.8 Å². The van der Waals surface area contributed by atoms with Gasteiger partial charge in [0.25, 0.3) is 0 Å². The lowest BCUT2D eigenvalue weighted by Crippen LogP contribution is -1.93. The van der Waals surface area contributed by atoms with Gasteiger partial charge in [0.1, 0.15) is 0 Å². The normalized spacial score (nSPS) is 34.8. The van der Waals surface area contributed by atoms with Crippen LogP contribution in [0.1, 0.15) is 82.1 Å². The van der Waals surface area contributed by atoms with Crippen molar-refractivity contribution < 1.29 is 25.6 Å². The maximum Gasteiger partial charge on any atom is 0.303 e. The predicted octanol–water partition coefficient (Wildman–Crippen LogP) is 5.43. The molecule has 1 heterocycles. The first kappa shape index (κ1) is 10.5. The summed E-state index contributed by atoms with van der Waals surface area (Å²) in [6, 6.07) is -0.666. The lowest BCUT2D eigenvalue weighted by atomic mass is 10.1. The number of rotatable bonds is 14. The summed E-state index contributed by atoms with van der Waals surface area (Å²) < 4.78 is 69.2. The number of ether oxygens (including phenoxy) is 1. The maximum atomic E-state index is 10.5. The van der Waals surface area contributed by atoms with E-state index < -0.39 is 18.1 Å². The molecule has 2 atom stereocenters. The van der Waals surface area contributed by atoms with Crippen molar-refractivity contribution in [3.63, 3.8) is 0 Å². The number of carbonyl (C=O) groups is 1. The first-order chi connectivity index (χ1) is 14.3. The van der Waals surface area contributed by atoms with Crippen molar-refractivity contribution in [1.82, 2.24) is 0 Å². The first-order valence-corrected chi connectivity index (χ1v) is 8.23. The molecule has 0 aliphatic carbocycles. The maximum absolute atomic E-state index is 10.5. The Morgan fingerprint density at radius 1 is 1.04 bits per heavy atom. The van der Waals surface area contributed by atoms with Gasteiger partial charge in [0.05, 0.1) is 23.1 Å². The van der Waals surface area contributed by atoms with E-state index in [2.05, 4.69) is 0 Å². The summed E-state index contributed by atoms with van der Waals surface area (Å²) in [6.07, 6.45) is -1.13. The minimum Gasteiger partial charge on any atom is -0.481 e. The van der Waals surface area contributed by atoms with E-state index in [1.165, 1.54) is 0 Å². The molecule has 130 valence electrons. The molecule has 0 aromatic heterocycles. The predicted molar refractivity (Wildman–Crippen MR) is 95.6 cm³/mol. The van der Waals surface area contributed by atoms with Gasteiger partial charge < -0.3 is 9.84 Å². The molecule has 0 spiro atoms. The summed E-state index contributed by atoms with van der Waals surface area (Å²) in [7, 11) is 0. The van der Waals surface area contributed by atoms with Gasteiger partial charge in [-0.2, -0.15) is 0 Å². The van der Waals surface area contributed by atoms with Crippen LogP contribution in [0.25, 0.3) is 0 Å². The Bertz CT molecular complexity index is 749. The molecule has 1 aliphatic rings. The Morgan fingerprint density at radius 3 is 2.35 bits per heavy atom. The largest absolute Gasteiger partial charge is 0.481 e. The van der Waals surface area contributed by atoms with Gasteiger partial charge in [0, 0.05) is 6.42 Å². The molecule has 0 aromatic carbocycles. The number of aliphatic carboxylic acids is 1. The van der Waals surface area contributed by atoms with Crippen LogP contribution in [0.2, 0.25) is 0 Å². The Morgan fingerprint density at radius 2 is 1.65 bits per heavy atom. The molecule has 0 aromatic rings. The molecule has 1 fully saturated rings. The van der Waals surface area contributed by atoms with Crippen molar-refractivity contribution in [2.45, 2.75) is 83.3 Å². The third-order valence-corrected chi connectivity index (χ3v) is 3.16. The van der Waals surface area contributed by atoms with E-state index in [9.17, 15) is 4.79 Å². The van der Waals surface area contributed by atoms with Gasteiger partial charge in [0.2, 0.25) is 0 Å². The highest BCUT2D eigenvalue weighted by atomic mass is 16.6. The van der Waals surface area contributed by atoms with E-state index in [-0.39, 0.29) is 74.8 Å². The van der Waals surface area contributed by atoms with Crippen LogP contribution >= 0.6 is 0 Å². The average Bonchev–Trinajstić information content (AvgIpc) is 3.19.